The number of rotatable bonds is 10. The predicted octanol–water partition coefficient (Wildman–Crippen LogP) is 3.05. The van der Waals surface area contributed by atoms with Crippen molar-refractivity contribution >= 4 is 5.96 Å². The summed E-state index contributed by atoms with van der Waals surface area (Å²) in [6, 6.07) is 11.7. The smallest absolute Gasteiger partial charge is 0.250 e. The predicted molar refractivity (Wildman–Crippen MR) is 120 cm³/mol. The Morgan fingerprint density at radius 2 is 1.97 bits per heavy atom. The lowest BCUT2D eigenvalue weighted by Crippen LogP contribution is -2.38. The molecule has 6 heteroatoms. The van der Waals surface area contributed by atoms with Crippen molar-refractivity contribution in [3.63, 3.8) is 0 Å². The lowest BCUT2D eigenvalue weighted by Gasteiger charge is -2.12. The number of nitrogens with one attached hydrogen (secondary N) is 2. The second-order valence-corrected chi connectivity index (χ2v) is 7.11. The molecule has 0 atom stereocenters. The van der Waals surface area contributed by atoms with E-state index in [0.717, 1.165) is 68.4 Å². The second kappa shape index (κ2) is 11.9. The Hall–Kier alpha value is -2.76. The number of hydrogen-bond donors (Lipinski definition) is 2. The van der Waals surface area contributed by atoms with Crippen LogP contribution >= 0.6 is 0 Å². The fourth-order valence-electron chi connectivity index (χ4n) is 3.17. The first-order valence-corrected chi connectivity index (χ1v) is 10.4. The molecular formula is C23H34N4O2. The van der Waals surface area contributed by atoms with E-state index in [-0.39, 0.29) is 5.56 Å². The van der Waals surface area contributed by atoms with Crippen molar-refractivity contribution in [3.8, 4) is 5.75 Å². The number of aryl methyl sites for hydroxylation is 2. The summed E-state index contributed by atoms with van der Waals surface area (Å²) in [4.78, 5) is 16.5. The summed E-state index contributed by atoms with van der Waals surface area (Å²) in [6.07, 6.45) is 2.76. The summed E-state index contributed by atoms with van der Waals surface area (Å²) in [6.45, 7) is 9.17. The van der Waals surface area contributed by atoms with Gasteiger partial charge in [-0.1, -0.05) is 18.2 Å². The number of guanidine groups is 1. The number of aromatic nitrogens is 1. The lowest BCUT2D eigenvalue weighted by molar-refractivity contribution is 0.411. The molecule has 2 N–H and O–H groups in total. The van der Waals surface area contributed by atoms with Gasteiger partial charge in [0.05, 0.1) is 7.11 Å². The maximum Gasteiger partial charge on any atom is 0.250 e. The molecule has 0 aliphatic carbocycles. The van der Waals surface area contributed by atoms with Gasteiger partial charge in [0.25, 0.3) is 5.56 Å². The third-order valence-corrected chi connectivity index (χ3v) is 4.85. The Morgan fingerprint density at radius 1 is 1.14 bits per heavy atom. The Morgan fingerprint density at radius 3 is 2.69 bits per heavy atom. The minimum absolute atomic E-state index is 0.0660. The molecular weight excluding hydrogens is 364 g/mol. The third-order valence-electron chi connectivity index (χ3n) is 4.85. The van der Waals surface area contributed by atoms with Crippen LogP contribution in [-0.4, -0.2) is 37.3 Å². The molecule has 0 fully saturated rings. The van der Waals surface area contributed by atoms with Crippen LogP contribution in [-0.2, 0) is 13.0 Å². The van der Waals surface area contributed by atoms with Crippen molar-refractivity contribution in [2.24, 2.45) is 4.99 Å². The number of ether oxygens (including phenoxy) is 1. The molecule has 0 saturated carbocycles. The average molecular weight is 399 g/mol. The maximum atomic E-state index is 11.9. The topological polar surface area (TPSA) is 67.7 Å². The Kier molecular flexibility index (Phi) is 9.28. The van der Waals surface area contributed by atoms with E-state index in [0.29, 0.717) is 0 Å². The average Bonchev–Trinajstić information content (AvgIpc) is 2.70. The van der Waals surface area contributed by atoms with Crippen LogP contribution in [0.1, 0.15) is 36.6 Å². The van der Waals surface area contributed by atoms with Crippen molar-refractivity contribution in [2.45, 2.75) is 46.6 Å². The Bertz CT molecular complexity index is 858. The summed E-state index contributed by atoms with van der Waals surface area (Å²) in [5, 5.41) is 6.68. The first-order valence-electron chi connectivity index (χ1n) is 10.4. The molecule has 1 aromatic carbocycles. The molecule has 0 saturated heterocycles. The van der Waals surface area contributed by atoms with Crippen molar-refractivity contribution in [1.29, 1.82) is 0 Å². The zero-order valence-electron chi connectivity index (χ0n) is 18.1. The number of unbranched alkanes of at least 4 members (excludes halogenated alkanes) is 1. The second-order valence-electron chi connectivity index (χ2n) is 7.11. The fourth-order valence-corrected chi connectivity index (χ4v) is 3.17. The Balaban J connectivity index is 1.78. The van der Waals surface area contributed by atoms with E-state index in [1.807, 2.05) is 24.5 Å². The lowest BCUT2D eigenvalue weighted by atomic mass is 10.1. The van der Waals surface area contributed by atoms with Crippen molar-refractivity contribution in [3.05, 3.63) is 63.6 Å². The zero-order valence-corrected chi connectivity index (χ0v) is 18.1. The van der Waals surface area contributed by atoms with Gasteiger partial charge in [-0.2, -0.15) is 0 Å². The van der Waals surface area contributed by atoms with Crippen molar-refractivity contribution < 1.29 is 4.74 Å². The highest BCUT2D eigenvalue weighted by molar-refractivity contribution is 5.79. The molecule has 29 heavy (non-hydrogen) atoms. The van der Waals surface area contributed by atoms with Gasteiger partial charge in [-0.05, 0) is 63.3 Å². The summed E-state index contributed by atoms with van der Waals surface area (Å²) in [5.74, 6) is 1.76. The summed E-state index contributed by atoms with van der Waals surface area (Å²) in [7, 11) is 1.70. The minimum Gasteiger partial charge on any atom is -0.496 e. The van der Waals surface area contributed by atoms with Gasteiger partial charge in [0, 0.05) is 37.9 Å². The molecule has 0 bridgehead atoms. The van der Waals surface area contributed by atoms with E-state index < -0.39 is 0 Å². The molecule has 2 aromatic rings. The van der Waals surface area contributed by atoms with E-state index in [1.54, 1.807) is 19.2 Å². The molecule has 6 nitrogen and oxygen atoms in total. The van der Waals surface area contributed by atoms with Crippen LogP contribution in [0, 0.1) is 13.8 Å². The van der Waals surface area contributed by atoms with Gasteiger partial charge in [0.1, 0.15) is 5.75 Å². The monoisotopic (exact) mass is 398 g/mol. The van der Waals surface area contributed by atoms with Crippen LogP contribution in [0.4, 0.5) is 0 Å². The first kappa shape index (κ1) is 22.5. The molecule has 0 aliphatic heterocycles. The van der Waals surface area contributed by atoms with Crippen LogP contribution in [0.5, 0.6) is 5.75 Å². The van der Waals surface area contributed by atoms with Crippen molar-refractivity contribution in [2.75, 3.05) is 26.7 Å². The van der Waals surface area contributed by atoms with Crippen LogP contribution in [0.15, 0.2) is 46.2 Å². The van der Waals surface area contributed by atoms with Crippen molar-refractivity contribution in [1.82, 2.24) is 15.2 Å². The van der Waals surface area contributed by atoms with Gasteiger partial charge in [0.2, 0.25) is 0 Å². The highest BCUT2D eigenvalue weighted by Gasteiger charge is 2.02. The summed E-state index contributed by atoms with van der Waals surface area (Å²) >= 11 is 0. The van der Waals surface area contributed by atoms with Gasteiger partial charge in [-0.15, -0.1) is 0 Å². The van der Waals surface area contributed by atoms with E-state index >= 15 is 0 Å². The van der Waals surface area contributed by atoms with Gasteiger partial charge >= 0.3 is 0 Å². The van der Waals surface area contributed by atoms with Crippen LogP contribution in [0.2, 0.25) is 0 Å². The number of benzene rings is 1. The van der Waals surface area contributed by atoms with Gasteiger partial charge < -0.3 is 19.9 Å². The molecule has 0 amide bonds. The van der Waals surface area contributed by atoms with Crippen LogP contribution in [0.3, 0.4) is 0 Å². The van der Waals surface area contributed by atoms with E-state index in [2.05, 4.69) is 40.7 Å². The Labute approximate surface area is 174 Å². The molecule has 0 spiro atoms. The number of nitrogens with zero attached hydrogens (tertiary/aromatic N) is 2. The highest BCUT2D eigenvalue weighted by Crippen LogP contribution is 2.18. The van der Waals surface area contributed by atoms with E-state index in [1.165, 1.54) is 5.56 Å². The number of hydrogen-bond acceptors (Lipinski definition) is 3. The summed E-state index contributed by atoms with van der Waals surface area (Å²) in [5.41, 5.74) is 3.45. The van der Waals surface area contributed by atoms with Gasteiger partial charge in [0.15, 0.2) is 5.96 Å². The molecule has 158 valence electrons. The van der Waals surface area contributed by atoms with E-state index in [4.69, 9.17) is 4.74 Å². The number of pyridine rings is 1. The molecule has 1 aromatic heterocycles. The normalized spacial score (nSPS) is 11.4. The maximum absolute atomic E-state index is 11.9. The van der Waals surface area contributed by atoms with Crippen LogP contribution < -0.4 is 20.9 Å². The summed E-state index contributed by atoms with van der Waals surface area (Å²) < 4.78 is 7.22. The van der Waals surface area contributed by atoms with Gasteiger partial charge in [-0.3, -0.25) is 9.79 Å². The minimum atomic E-state index is 0.0660. The highest BCUT2D eigenvalue weighted by atomic mass is 16.5. The quantitative estimate of drug-likeness (QED) is 0.367. The molecule has 2 rings (SSSR count). The molecule has 1 heterocycles. The SMILES string of the molecule is CCNC(=NCCCCn1c(C)cccc1=O)NCCc1ccc(C)c(OC)c1. The third kappa shape index (κ3) is 7.29. The number of methoxy groups -OCH3 is 1. The number of aliphatic imine (C=N–C) groups is 1. The zero-order chi connectivity index (χ0) is 21.1. The van der Waals surface area contributed by atoms with Crippen LogP contribution in [0.25, 0.3) is 0 Å². The molecule has 0 unspecified atom stereocenters. The largest absolute Gasteiger partial charge is 0.496 e. The van der Waals surface area contributed by atoms with Gasteiger partial charge in [-0.25, -0.2) is 0 Å². The molecule has 0 aliphatic rings. The fraction of sp³-hybridized carbons (Fsp3) is 0.478. The van der Waals surface area contributed by atoms with E-state index in [9.17, 15) is 4.79 Å². The molecule has 0 radical (unpaired) electrons. The standard InChI is InChI=1S/C23H34N4O2/c1-5-24-23(26-15-13-20-12-11-18(2)21(17-20)29-4)25-14-6-7-16-27-19(3)9-8-10-22(27)28/h8-12,17H,5-7,13-16H2,1-4H3,(H2,24,25,26). The first-order chi connectivity index (χ1) is 14.0.